The maximum absolute atomic E-state index is 12.8. The Kier molecular flexibility index (Phi) is 3.37. The lowest BCUT2D eigenvalue weighted by Gasteiger charge is -2.26. The summed E-state index contributed by atoms with van der Waals surface area (Å²) >= 11 is 0. The standard InChI is InChI=1S/C13H18N4O3S/c1-4-16-8-14-11-5-6-17(7-12(11)16)21(18,19)13-9(2)15-20-10(13)3/h8H,4-7H2,1-3H3. The van der Waals surface area contributed by atoms with E-state index in [0.29, 0.717) is 31.0 Å². The second-order valence-electron chi connectivity index (χ2n) is 5.17. The van der Waals surface area contributed by atoms with Gasteiger partial charge in [0.2, 0.25) is 10.0 Å². The zero-order chi connectivity index (χ0) is 15.2. The van der Waals surface area contributed by atoms with Gasteiger partial charge in [-0.1, -0.05) is 5.16 Å². The van der Waals surface area contributed by atoms with E-state index in [4.69, 9.17) is 4.52 Å². The molecule has 3 heterocycles. The Morgan fingerprint density at radius 3 is 2.76 bits per heavy atom. The van der Waals surface area contributed by atoms with Crippen molar-refractivity contribution in [2.24, 2.45) is 0 Å². The van der Waals surface area contributed by atoms with Crippen molar-refractivity contribution in [1.29, 1.82) is 0 Å². The van der Waals surface area contributed by atoms with Gasteiger partial charge in [0, 0.05) is 19.5 Å². The van der Waals surface area contributed by atoms with Crippen LogP contribution in [0.2, 0.25) is 0 Å². The minimum atomic E-state index is -3.59. The average molecular weight is 310 g/mol. The molecule has 0 aliphatic carbocycles. The number of rotatable bonds is 3. The second kappa shape index (κ2) is 4.96. The molecule has 0 bridgehead atoms. The SMILES string of the molecule is CCn1cnc2c1CN(S(=O)(=O)c1c(C)noc1C)CC2. The van der Waals surface area contributed by atoms with Gasteiger partial charge in [0.25, 0.3) is 0 Å². The molecule has 0 N–H and O–H groups in total. The summed E-state index contributed by atoms with van der Waals surface area (Å²) in [5.41, 5.74) is 2.36. The molecule has 0 atom stereocenters. The number of hydrogen-bond donors (Lipinski definition) is 0. The van der Waals surface area contributed by atoms with Gasteiger partial charge >= 0.3 is 0 Å². The van der Waals surface area contributed by atoms with Crippen LogP contribution < -0.4 is 0 Å². The van der Waals surface area contributed by atoms with Gasteiger partial charge in [0.1, 0.15) is 10.6 Å². The molecule has 1 aliphatic heterocycles. The van der Waals surface area contributed by atoms with Crippen LogP contribution in [0.4, 0.5) is 0 Å². The lowest BCUT2D eigenvalue weighted by molar-refractivity contribution is 0.373. The number of aromatic nitrogens is 3. The molecule has 2 aromatic heterocycles. The number of sulfonamides is 1. The zero-order valence-electron chi connectivity index (χ0n) is 12.3. The highest BCUT2D eigenvalue weighted by molar-refractivity contribution is 7.89. The third kappa shape index (κ3) is 2.18. The van der Waals surface area contributed by atoms with Crippen molar-refractivity contribution < 1.29 is 12.9 Å². The summed E-state index contributed by atoms with van der Waals surface area (Å²) in [5, 5.41) is 3.75. The molecule has 0 unspecified atom stereocenters. The van der Waals surface area contributed by atoms with Gasteiger partial charge in [-0.2, -0.15) is 4.31 Å². The van der Waals surface area contributed by atoms with Crippen LogP contribution in [0.15, 0.2) is 15.7 Å². The van der Waals surface area contributed by atoms with Crippen molar-refractivity contribution in [1.82, 2.24) is 19.0 Å². The summed E-state index contributed by atoms with van der Waals surface area (Å²) in [6.45, 7) is 6.84. The van der Waals surface area contributed by atoms with Crippen LogP contribution in [0, 0.1) is 13.8 Å². The highest BCUT2D eigenvalue weighted by Gasteiger charge is 2.34. The maximum Gasteiger partial charge on any atom is 0.248 e. The van der Waals surface area contributed by atoms with E-state index >= 15 is 0 Å². The fraction of sp³-hybridized carbons (Fsp3) is 0.538. The van der Waals surface area contributed by atoms with Crippen LogP contribution >= 0.6 is 0 Å². The van der Waals surface area contributed by atoms with Gasteiger partial charge in [-0.15, -0.1) is 0 Å². The first-order chi connectivity index (χ1) is 9.95. The van der Waals surface area contributed by atoms with E-state index in [-0.39, 0.29) is 4.90 Å². The minimum Gasteiger partial charge on any atom is -0.360 e. The Morgan fingerprint density at radius 1 is 1.38 bits per heavy atom. The molecule has 0 fully saturated rings. The summed E-state index contributed by atoms with van der Waals surface area (Å²) in [7, 11) is -3.59. The number of nitrogens with zero attached hydrogens (tertiary/aromatic N) is 4. The molecule has 8 heteroatoms. The summed E-state index contributed by atoms with van der Waals surface area (Å²) in [5.74, 6) is 0.335. The molecule has 0 aromatic carbocycles. The number of imidazole rings is 1. The molecular weight excluding hydrogens is 292 g/mol. The Balaban J connectivity index is 1.99. The first-order valence-electron chi connectivity index (χ1n) is 6.91. The van der Waals surface area contributed by atoms with Crippen molar-refractivity contribution >= 4 is 10.0 Å². The summed E-state index contributed by atoms with van der Waals surface area (Å²) < 4.78 is 34.1. The van der Waals surface area contributed by atoms with Gasteiger partial charge in [-0.3, -0.25) is 0 Å². The molecule has 3 rings (SSSR count). The fourth-order valence-electron chi connectivity index (χ4n) is 2.77. The minimum absolute atomic E-state index is 0.188. The van der Waals surface area contributed by atoms with Crippen molar-refractivity contribution in [3.8, 4) is 0 Å². The van der Waals surface area contributed by atoms with E-state index in [1.165, 1.54) is 4.31 Å². The first kappa shape index (κ1) is 14.3. The van der Waals surface area contributed by atoms with Crippen LogP contribution in [0.5, 0.6) is 0 Å². The predicted octanol–water partition coefficient (Wildman–Crippen LogP) is 1.25. The molecule has 0 saturated heterocycles. The predicted molar refractivity (Wildman–Crippen MR) is 75.2 cm³/mol. The van der Waals surface area contributed by atoms with E-state index < -0.39 is 10.0 Å². The van der Waals surface area contributed by atoms with Gasteiger partial charge in [0.05, 0.1) is 24.3 Å². The smallest absolute Gasteiger partial charge is 0.248 e. The third-order valence-corrected chi connectivity index (χ3v) is 5.95. The van der Waals surface area contributed by atoms with Gasteiger partial charge in [-0.05, 0) is 20.8 Å². The molecule has 0 amide bonds. The Bertz CT molecular complexity index is 742. The van der Waals surface area contributed by atoms with E-state index in [0.717, 1.165) is 17.9 Å². The van der Waals surface area contributed by atoms with Crippen molar-refractivity contribution in [3.05, 3.63) is 29.2 Å². The van der Waals surface area contributed by atoms with E-state index in [1.807, 2.05) is 11.5 Å². The highest BCUT2D eigenvalue weighted by Crippen LogP contribution is 2.28. The van der Waals surface area contributed by atoms with E-state index in [9.17, 15) is 8.42 Å². The first-order valence-corrected chi connectivity index (χ1v) is 8.35. The molecule has 0 saturated carbocycles. The Hall–Kier alpha value is -1.67. The van der Waals surface area contributed by atoms with Gasteiger partial charge in [0.15, 0.2) is 5.76 Å². The summed E-state index contributed by atoms with van der Waals surface area (Å²) in [6.07, 6.45) is 2.40. The van der Waals surface area contributed by atoms with Crippen LogP contribution in [-0.2, 0) is 29.5 Å². The van der Waals surface area contributed by atoms with Crippen molar-refractivity contribution in [3.63, 3.8) is 0 Å². The molecular formula is C13H18N4O3S. The number of aryl methyl sites for hydroxylation is 3. The van der Waals surface area contributed by atoms with Crippen LogP contribution in [0.3, 0.4) is 0 Å². The number of fused-ring (bicyclic) bond motifs is 1. The molecule has 114 valence electrons. The van der Waals surface area contributed by atoms with Crippen LogP contribution in [-0.4, -0.2) is 34.0 Å². The third-order valence-electron chi connectivity index (χ3n) is 3.86. The Morgan fingerprint density at radius 2 is 2.14 bits per heavy atom. The zero-order valence-corrected chi connectivity index (χ0v) is 13.1. The van der Waals surface area contributed by atoms with Crippen LogP contribution in [0.1, 0.15) is 29.8 Å². The molecule has 21 heavy (non-hydrogen) atoms. The van der Waals surface area contributed by atoms with E-state index in [1.54, 1.807) is 20.2 Å². The van der Waals surface area contributed by atoms with Crippen molar-refractivity contribution in [2.45, 2.75) is 45.2 Å². The molecule has 7 nitrogen and oxygen atoms in total. The Labute approximate surface area is 123 Å². The molecule has 2 aromatic rings. The van der Waals surface area contributed by atoms with Gasteiger partial charge < -0.3 is 9.09 Å². The van der Waals surface area contributed by atoms with Gasteiger partial charge in [-0.25, -0.2) is 13.4 Å². The quantitative estimate of drug-likeness (QED) is 0.852. The molecule has 0 radical (unpaired) electrons. The fourth-order valence-corrected chi connectivity index (χ4v) is 4.46. The van der Waals surface area contributed by atoms with Crippen molar-refractivity contribution in [2.75, 3.05) is 6.54 Å². The largest absolute Gasteiger partial charge is 0.360 e. The maximum atomic E-state index is 12.8. The molecule has 0 spiro atoms. The summed E-state index contributed by atoms with van der Waals surface area (Å²) in [4.78, 5) is 4.54. The highest BCUT2D eigenvalue weighted by atomic mass is 32.2. The van der Waals surface area contributed by atoms with Crippen LogP contribution in [0.25, 0.3) is 0 Å². The topological polar surface area (TPSA) is 81.2 Å². The average Bonchev–Trinajstić information content (AvgIpc) is 3.01. The lowest BCUT2D eigenvalue weighted by atomic mass is 10.2. The monoisotopic (exact) mass is 310 g/mol. The lowest BCUT2D eigenvalue weighted by Crippen LogP contribution is -2.37. The second-order valence-corrected chi connectivity index (χ2v) is 7.04. The normalized spacial score (nSPS) is 16.1. The number of hydrogen-bond acceptors (Lipinski definition) is 5. The molecule has 1 aliphatic rings. The van der Waals surface area contributed by atoms with E-state index in [2.05, 4.69) is 10.1 Å². The summed E-state index contributed by atoms with van der Waals surface area (Å²) in [6, 6.07) is 0.